The highest BCUT2D eigenvalue weighted by Crippen LogP contribution is 2.26. The van der Waals surface area contributed by atoms with Crippen molar-refractivity contribution in [3.8, 4) is 5.75 Å². The first kappa shape index (κ1) is 14.1. The molecule has 0 aliphatic carbocycles. The Kier molecular flexibility index (Phi) is 4.40. The van der Waals surface area contributed by atoms with Crippen molar-refractivity contribution < 1.29 is 14.1 Å². The zero-order valence-corrected chi connectivity index (χ0v) is 11.8. The van der Waals surface area contributed by atoms with Crippen LogP contribution in [-0.4, -0.2) is 17.2 Å². The minimum atomic E-state index is -0.619. The van der Waals surface area contributed by atoms with E-state index in [1.165, 1.54) is 6.26 Å². The number of hydrogen-bond donors (Lipinski definition) is 1. The lowest BCUT2D eigenvalue weighted by atomic mass is 10.0. The number of aromatic nitrogens is 1. The Hall–Kier alpha value is -2.30. The molecule has 2 aromatic rings. The molecule has 0 unspecified atom stereocenters. The van der Waals surface area contributed by atoms with E-state index in [-0.39, 0.29) is 5.91 Å². The molecule has 1 aromatic heterocycles. The summed E-state index contributed by atoms with van der Waals surface area (Å²) in [5.41, 5.74) is 1.08. The van der Waals surface area contributed by atoms with Crippen LogP contribution < -0.4 is 10.1 Å². The van der Waals surface area contributed by atoms with Crippen molar-refractivity contribution in [1.82, 2.24) is 5.16 Å². The van der Waals surface area contributed by atoms with Gasteiger partial charge in [0.05, 0.1) is 0 Å². The predicted molar refractivity (Wildman–Crippen MR) is 75.8 cm³/mol. The maximum absolute atomic E-state index is 12.0. The molecule has 5 nitrogen and oxygen atoms in total. The van der Waals surface area contributed by atoms with E-state index in [1.54, 1.807) is 13.0 Å². The number of amides is 1. The van der Waals surface area contributed by atoms with Crippen LogP contribution in [0.3, 0.4) is 0 Å². The molecule has 0 radical (unpaired) electrons. The molecular formula is C15H18N2O3. The molecule has 0 bridgehead atoms. The Morgan fingerprint density at radius 3 is 2.65 bits per heavy atom. The number of anilines is 1. The van der Waals surface area contributed by atoms with Crippen molar-refractivity contribution >= 4 is 11.7 Å². The lowest BCUT2D eigenvalue weighted by Crippen LogP contribution is -2.30. The number of nitrogens with zero attached hydrogens (tertiary/aromatic N) is 1. The summed E-state index contributed by atoms with van der Waals surface area (Å²) in [6.45, 7) is 5.87. The minimum Gasteiger partial charge on any atom is -0.481 e. The number of carbonyl (C=O) groups excluding carboxylic acids is 1. The monoisotopic (exact) mass is 274 g/mol. The zero-order valence-electron chi connectivity index (χ0n) is 11.8. The van der Waals surface area contributed by atoms with E-state index in [4.69, 9.17) is 4.74 Å². The van der Waals surface area contributed by atoms with Crippen LogP contribution in [-0.2, 0) is 4.79 Å². The third kappa shape index (κ3) is 3.38. The molecule has 1 heterocycles. The van der Waals surface area contributed by atoms with Gasteiger partial charge in [0.25, 0.3) is 5.91 Å². The summed E-state index contributed by atoms with van der Waals surface area (Å²) < 4.78 is 10.4. The Bertz CT molecular complexity index is 564. The van der Waals surface area contributed by atoms with Gasteiger partial charge >= 0.3 is 0 Å². The first-order valence-corrected chi connectivity index (χ1v) is 6.54. The van der Waals surface area contributed by atoms with Crippen molar-refractivity contribution in [3.63, 3.8) is 0 Å². The number of nitrogens with one attached hydrogen (secondary N) is 1. The molecule has 20 heavy (non-hydrogen) atoms. The van der Waals surface area contributed by atoms with Gasteiger partial charge in [0.1, 0.15) is 12.0 Å². The van der Waals surface area contributed by atoms with Crippen molar-refractivity contribution in [3.05, 3.63) is 42.2 Å². The standard InChI is InChI=1S/C15H18N2O3/c1-10(2)12-6-4-5-7-13(12)20-11(3)15(18)16-14-8-9-19-17-14/h4-11H,1-3H3,(H,16,17,18)/t11-/m1/s1. The van der Waals surface area contributed by atoms with Crippen LogP contribution in [0.1, 0.15) is 32.3 Å². The van der Waals surface area contributed by atoms with Gasteiger partial charge < -0.3 is 14.6 Å². The van der Waals surface area contributed by atoms with Gasteiger partial charge in [0.2, 0.25) is 0 Å². The molecule has 106 valence electrons. The molecule has 0 fully saturated rings. The Labute approximate surface area is 117 Å². The second kappa shape index (κ2) is 6.23. The highest BCUT2D eigenvalue weighted by atomic mass is 16.5. The van der Waals surface area contributed by atoms with Gasteiger partial charge in [-0.15, -0.1) is 0 Å². The van der Waals surface area contributed by atoms with Crippen molar-refractivity contribution in [2.45, 2.75) is 32.8 Å². The number of ether oxygens (including phenoxy) is 1. The first-order chi connectivity index (χ1) is 9.58. The average molecular weight is 274 g/mol. The fourth-order valence-electron chi connectivity index (χ4n) is 1.81. The second-order valence-corrected chi connectivity index (χ2v) is 4.83. The maximum Gasteiger partial charge on any atom is 0.266 e. The maximum atomic E-state index is 12.0. The van der Waals surface area contributed by atoms with Gasteiger partial charge in [-0.1, -0.05) is 37.2 Å². The second-order valence-electron chi connectivity index (χ2n) is 4.83. The molecule has 0 spiro atoms. The van der Waals surface area contributed by atoms with Crippen molar-refractivity contribution in [2.24, 2.45) is 0 Å². The van der Waals surface area contributed by atoms with Crippen LogP contribution >= 0.6 is 0 Å². The van der Waals surface area contributed by atoms with Crippen LogP contribution in [0, 0.1) is 0 Å². The van der Waals surface area contributed by atoms with Gasteiger partial charge in [-0.05, 0) is 24.5 Å². The summed E-state index contributed by atoms with van der Waals surface area (Å²) in [5, 5.41) is 6.25. The number of para-hydroxylation sites is 1. The number of hydrogen-bond acceptors (Lipinski definition) is 4. The first-order valence-electron chi connectivity index (χ1n) is 6.54. The van der Waals surface area contributed by atoms with Crippen molar-refractivity contribution in [2.75, 3.05) is 5.32 Å². The Morgan fingerprint density at radius 1 is 1.25 bits per heavy atom. The average Bonchev–Trinajstić information content (AvgIpc) is 2.91. The largest absolute Gasteiger partial charge is 0.481 e. The topological polar surface area (TPSA) is 64.4 Å². The van der Waals surface area contributed by atoms with Gasteiger partial charge in [0.15, 0.2) is 11.9 Å². The smallest absolute Gasteiger partial charge is 0.266 e. The van der Waals surface area contributed by atoms with Crippen LogP contribution in [0.15, 0.2) is 41.1 Å². The number of benzene rings is 1. The number of rotatable bonds is 5. The summed E-state index contributed by atoms with van der Waals surface area (Å²) in [5.74, 6) is 1.17. The van der Waals surface area contributed by atoms with Crippen LogP contribution in [0.25, 0.3) is 0 Å². The molecule has 0 aliphatic rings. The van der Waals surface area contributed by atoms with Crippen molar-refractivity contribution in [1.29, 1.82) is 0 Å². The third-order valence-corrected chi connectivity index (χ3v) is 2.90. The quantitative estimate of drug-likeness (QED) is 0.909. The highest BCUT2D eigenvalue weighted by molar-refractivity contribution is 5.93. The molecule has 1 aromatic carbocycles. The minimum absolute atomic E-state index is 0.266. The van der Waals surface area contributed by atoms with E-state index in [0.717, 1.165) is 11.3 Å². The summed E-state index contributed by atoms with van der Waals surface area (Å²) in [7, 11) is 0. The highest BCUT2D eigenvalue weighted by Gasteiger charge is 2.18. The zero-order chi connectivity index (χ0) is 14.5. The molecule has 2 rings (SSSR count). The lowest BCUT2D eigenvalue weighted by Gasteiger charge is -2.18. The van der Waals surface area contributed by atoms with E-state index < -0.39 is 6.10 Å². The van der Waals surface area contributed by atoms with E-state index in [0.29, 0.717) is 11.7 Å². The Morgan fingerprint density at radius 2 is 2.00 bits per heavy atom. The molecule has 1 amide bonds. The lowest BCUT2D eigenvalue weighted by molar-refractivity contribution is -0.122. The predicted octanol–water partition coefficient (Wildman–Crippen LogP) is 3.20. The number of carbonyl (C=O) groups is 1. The van der Waals surface area contributed by atoms with E-state index >= 15 is 0 Å². The summed E-state index contributed by atoms with van der Waals surface area (Å²) >= 11 is 0. The molecule has 5 heteroatoms. The molecular weight excluding hydrogens is 256 g/mol. The van der Waals surface area contributed by atoms with Gasteiger partial charge in [-0.3, -0.25) is 4.79 Å². The summed E-state index contributed by atoms with van der Waals surface area (Å²) in [6.07, 6.45) is 0.779. The molecule has 1 atom stereocenters. The summed E-state index contributed by atoms with van der Waals surface area (Å²) in [6, 6.07) is 9.30. The SMILES string of the molecule is CC(C)c1ccccc1O[C@H](C)C(=O)Nc1ccon1. The normalized spacial score (nSPS) is 12.2. The van der Waals surface area contributed by atoms with Crippen LogP contribution in [0.5, 0.6) is 5.75 Å². The van der Waals surface area contributed by atoms with E-state index in [2.05, 4.69) is 28.8 Å². The fraction of sp³-hybridized carbons (Fsp3) is 0.333. The summed E-state index contributed by atoms with van der Waals surface area (Å²) in [4.78, 5) is 12.0. The van der Waals surface area contributed by atoms with Gasteiger partial charge in [0, 0.05) is 6.07 Å². The van der Waals surface area contributed by atoms with Gasteiger partial charge in [-0.2, -0.15) is 0 Å². The Balaban J connectivity index is 2.04. The van der Waals surface area contributed by atoms with Gasteiger partial charge in [-0.25, -0.2) is 0 Å². The molecule has 0 aliphatic heterocycles. The van der Waals surface area contributed by atoms with Crippen LogP contribution in [0.4, 0.5) is 5.82 Å². The van der Waals surface area contributed by atoms with E-state index in [9.17, 15) is 4.79 Å². The fourth-order valence-corrected chi connectivity index (χ4v) is 1.81. The third-order valence-electron chi connectivity index (χ3n) is 2.90. The molecule has 1 N–H and O–H groups in total. The van der Waals surface area contributed by atoms with Crippen LogP contribution in [0.2, 0.25) is 0 Å². The van der Waals surface area contributed by atoms with E-state index in [1.807, 2.05) is 24.3 Å². The molecule has 0 saturated heterocycles. The molecule has 0 saturated carbocycles.